The van der Waals surface area contributed by atoms with E-state index in [-0.39, 0.29) is 6.10 Å². The molecular formula is C13H25NO. The summed E-state index contributed by atoms with van der Waals surface area (Å²) in [6.45, 7) is 2.25. The van der Waals surface area contributed by atoms with Gasteiger partial charge in [0.15, 0.2) is 0 Å². The van der Waals surface area contributed by atoms with Gasteiger partial charge in [-0.2, -0.15) is 0 Å². The number of fused-ring (bicyclic) bond motifs is 2. The van der Waals surface area contributed by atoms with Gasteiger partial charge in [-0.25, -0.2) is 0 Å². The summed E-state index contributed by atoms with van der Waals surface area (Å²) in [7, 11) is 0. The summed E-state index contributed by atoms with van der Waals surface area (Å²) in [5, 5.41) is 13.7. The summed E-state index contributed by atoms with van der Waals surface area (Å²) in [6, 6.07) is 0.601. The zero-order valence-corrected chi connectivity index (χ0v) is 9.97. The predicted octanol–water partition coefficient (Wildman–Crippen LogP) is 2.60. The van der Waals surface area contributed by atoms with E-state index in [1.165, 1.54) is 44.9 Å². The minimum Gasteiger partial charge on any atom is -0.393 e. The Morgan fingerprint density at radius 1 is 1.40 bits per heavy atom. The molecule has 3 atom stereocenters. The molecular weight excluding hydrogens is 186 g/mol. The molecule has 0 unspecified atom stereocenters. The summed E-state index contributed by atoms with van der Waals surface area (Å²) >= 11 is 0. The molecule has 2 heterocycles. The summed E-state index contributed by atoms with van der Waals surface area (Å²) in [6.07, 6.45) is 11.1. The number of piperidine rings is 2. The Morgan fingerprint density at radius 3 is 3.07 bits per heavy atom. The largest absolute Gasteiger partial charge is 0.393 e. The molecule has 0 aliphatic carbocycles. The van der Waals surface area contributed by atoms with Crippen LogP contribution in [0.5, 0.6) is 0 Å². The zero-order valence-electron chi connectivity index (χ0n) is 9.97. The Kier molecular flexibility index (Phi) is 3.68. The monoisotopic (exact) mass is 211 g/mol. The summed E-state index contributed by atoms with van der Waals surface area (Å²) in [5.74, 6) is 0. The van der Waals surface area contributed by atoms with Crippen LogP contribution < -0.4 is 5.32 Å². The van der Waals surface area contributed by atoms with Crippen molar-refractivity contribution in [1.82, 2.24) is 5.32 Å². The molecule has 2 saturated heterocycles. The highest BCUT2D eigenvalue weighted by atomic mass is 16.3. The number of rotatable bonds is 4. The molecule has 2 fully saturated rings. The molecule has 2 N–H and O–H groups in total. The predicted molar refractivity (Wildman–Crippen MR) is 62.9 cm³/mol. The average molecular weight is 211 g/mol. The van der Waals surface area contributed by atoms with Crippen LogP contribution in [0.4, 0.5) is 0 Å². The SMILES string of the molecule is CCCCC[C@@]12CCC[C@@H](C[C@H](O)C1)N2. The third kappa shape index (κ3) is 2.73. The minimum absolute atomic E-state index is 0.0434. The van der Waals surface area contributed by atoms with Gasteiger partial charge in [-0.05, 0) is 32.1 Å². The molecule has 0 amide bonds. The molecule has 2 heteroatoms. The highest BCUT2D eigenvalue weighted by Gasteiger charge is 2.41. The van der Waals surface area contributed by atoms with Crippen molar-refractivity contribution in [2.45, 2.75) is 82.4 Å². The van der Waals surface area contributed by atoms with E-state index in [1.54, 1.807) is 0 Å². The van der Waals surface area contributed by atoms with Gasteiger partial charge in [-0.1, -0.05) is 32.6 Å². The van der Waals surface area contributed by atoms with E-state index < -0.39 is 0 Å². The Bertz CT molecular complexity index is 203. The molecule has 0 radical (unpaired) electrons. The van der Waals surface area contributed by atoms with E-state index in [1.807, 2.05) is 0 Å². The standard InChI is InChI=1S/C13H25NO/c1-2-3-4-7-13-8-5-6-11(14-13)9-12(15)10-13/h11-12,14-15H,2-10H2,1H3/t11-,12-,13+/m0/s1. The van der Waals surface area contributed by atoms with Gasteiger partial charge >= 0.3 is 0 Å². The van der Waals surface area contributed by atoms with E-state index in [2.05, 4.69) is 12.2 Å². The van der Waals surface area contributed by atoms with Crippen LogP contribution in [0, 0.1) is 0 Å². The van der Waals surface area contributed by atoms with Crippen LogP contribution in [0.15, 0.2) is 0 Å². The topological polar surface area (TPSA) is 32.3 Å². The van der Waals surface area contributed by atoms with Gasteiger partial charge in [0, 0.05) is 11.6 Å². The third-order valence-corrected chi connectivity index (χ3v) is 4.16. The Hall–Kier alpha value is -0.0800. The fraction of sp³-hybridized carbons (Fsp3) is 1.00. The quantitative estimate of drug-likeness (QED) is 0.701. The maximum absolute atomic E-state index is 9.90. The maximum Gasteiger partial charge on any atom is 0.0572 e. The first-order valence-electron chi connectivity index (χ1n) is 6.70. The number of aliphatic hydroxyl groups is 1. The van der Waals surface area contributed by atoms with Crippen molar-refractivity contribution < 1.29 is 5.11 Å². The molecule has 0 aromatic rings. The van der Waals surface area contributed by atoms with Gasteiger partial charge in [-0.3, -0.25) is 0 Å². The number of hydrogen-bond acceptors (Lipinski definition) is 2. The van der Waals surface area contributed by atoms with Crippen LogP contribution in [0.25, 0.3) is 0 Å². The van der Waals surface area contributed by atoms with Gasteiger partial charge < -0.3 is 10.4 Å². The lowest BCUT2D eigenvalue weighted by Crippen LogP contribution is -2.59. The lowest BCUT2D eigenvalue weighted by atomic mass is 9.73. The van der Waals surface area contributed by atoms with E-state index in [0.717, 1.165) is 12.8 Å². The van der Waals surface area contributed by atoms with Crippen LogP contribution in [-0.2, 0) is 0 Å². The van der Waals surface area contributed by atoms with Crippen molar-refractivity contribution in [3.63, 3.8) is 0 Å². The van der Waals surface area contributed by atoms with Gasteiger partial charge in [0.2, 0.25) is 0 Å². The first-order valence-corrected chi connectivity index (χ1v) is 6.70. The van der Waals surface area contributed by atoms with Crippen molar-refractivity contribution in [1.29, 1.82) is 0 Å². The van der Waals surface area contributed by atoms with E-state index in [4.69, 9.17) is 0 Å². The molecule has 15 heavy (non-hydrogen) atoms. The van der Waals surface area contributed by atoms with Crippen molar-refractivity contribution in [3.05, 3.63) is 0 Å². The molecule has 2 nitrogen and oxygen atoms in total. The van der Waals surface area contributed by atoms with E-state index in [9.17, 15) is 5.11 Å². The Balaban J connectivity index is 1.91. The molecule has 2 rings (SSSR count). The third-order valence-electron chi connectivity index (χ3n) is 4.16. The Labute approximate surface area is 93.5 Å². The molecule has 0 aromatic carbocycles. The summed E-state index contributed by atoms with van der Waals surface area (Å²) in [5.41, 5.74) is 0.301. The first-order chi connectivity index (χ1) is 7.24. The van der Waals surface area contributed by atoms with Crippen LogP contribution in [0.1, 0.15) is 64.7 Å². The van der Waals surface area contributed by atoms with Gasteiger partial charge in [-0.15, -0.1) is 0 Å². The van der Waals surface area contributed by atoms with Crippen molar-refractivity contribution in [3.8, 4) is 0 Å². The van der Waals surface area contributed by atoms with E-state index >= 15 is 0 Å². The second-order valence-electron chi connectivity index (χ2n) is 5.56. The summed E-state index contributed by atoms with van der Waals surface area (Å²) in [4.78, 5) is 0. The van der Waals surface area contributed by atoms with Gasteiger partial charge in [0.25, 0.3) is 0 Å². The molecule has 0 saturated carbocycles. The average Bonchev–Trinajstić information content (AvgIpc) is 2.16. The van der Waals surface area contributed by atoms with Crippen LogP contribution in [-0.4, -0.2) is 22.8 Å². The smallest absolute Gasteiger partial charge is 0.0572 e. The van der Waals surface area contributed by atoms with Crippen LogP contribution in [0.2, 0.25) is 0 Å². The first kappa shape index (κ1) is 11.4. The van der Waals surface area contributed by atoms with Crippen molar-refractivity contribution >= 4 is 0 Å². The number of unbranched alkanes of at least 4 members (excludes halogenated alkanes) is 2. The highest BCUT2D eigenvalue weighted by molar-refractivity contribution is 5.00. The second kappa shape index (κ2) is 4.84. The fourth-order valence-corrected chi connectivity index (χ4v) is 3.48. The van der Waals surface area contributed by atoms with Crippen molar-refractivity contribution in [2.75, 3.05) is 0 Å². The zero-order chi connectivity index (χ0) is 10.7. The molecule has 0 spiro atoms. The lowest BCUT2D eigenvalue weighted by molar-refractivity contribution is 0.0219. The van der Waals surface area contributed by atoms with Gasteiger partial charge in [0.05, 0.1) is 6.10 Å². The molecule has 2 aliphatic heterocycles. The second-order valence-corrected chi connectivity index (χ2v) is 5.56. The van der Waals surface area contributed by atoms with Gasteiger partial charge in [0.1, 0.15) is 0 Å². The van der Waals surface area contributed by atoms with Crippen LogP contribution in [0.3, 0.4) is 0 Å². The highest BCUT2D eigenvalue weighted by Crippen LogP contribution is 2.37. The number of hydrogen-bond donors (Lipinski definition) is 2. The normalized spacial score (nSPS) is 40.4. The molecule has 0 aromatic heterocycles. The molecule has 88 valence electrons. The molecule has 2 aliphatic rings. The van der Waals surface area contributed by atoms with Crippen molar-refractivity contribution in [2.24, 2.45) is 0 Å². The Morgan fingerprint density at radius 2 is 2.27 bits per heavy atom. The van der Waals surface area contributed by atoms with Crippen LogP contribution >= 0.6 is 0 Å². The lowest BCUT2D eigenvalue weighted by Gasteiger charge is -2.48. The maximum atomic E-state index is 9.90. The molecule has 2 bridgehead atoms. The minimum atomic E-state index is -0.0434. The number of nitrogens with one attached hydrogen (secondary N) is 1. The fourth-order valence-electron chi connectivity index (χ4n) is 3.48. The van der Waals surface area contributed by atoms with E-state index in [0.29, 0.717) is 11.6 Å². The summed E-state index contributed by atoms with van der Waals surface area (Å²) < 4.78 is 0. The number of aliphatic hydroxyl groups excluding tert-OH is 1.